The van der Waals surface area contributed by atoms with Crippen molar-refractivity contribution in [1.82, 2.24) is 0 Å². The molecule has 0 unspecified atom stereocenters. The molecule has 2 N–H and O–H groups in total. The van der Waals surface area contributed by atoms with Crippen molar-refractivity contribution in [2.75, 3.05) is 0 Å². The molecule has 0 aliphatic carbocycles. The first-order chi connectivity index (χ1) is 2.00. The summed E-state index contributed by atoms with van der Waals surface area (Å²) >= 11 is 0. The van der Waals surface area contributed by atoms with Crippen molar-refractivity contribution in [2.24, 2.45) is 0 Å². The van der Waals surface area contributed by atoms with Gasteiger partial charge < -0.3 is 9.79 Å². The molecular weight excluding hydrogens is 177 g/mol. The summed E-state index contributed by atoms with van der Waals surface area (Å²) in [6, 6.07) is 0. The molecule has 0 aromatic rings. The molecule has 0 amide bonds. The normalized spacial score (nSPS) is 9.67. The van der Waals surface area contributed by atoms with Gasteiger partial charge in [0.15, 0.2) is 0 Å². The predicted molar refractivity (Wildman–Crippen MR) is 29.1 cm³/mol. The minimum absolute atomic E-state index is 0. The molecule has 0 aromatic heterocycles. The summed E-state index contributed by atoms with van der Waals surface area (Å²) in [5.74, 6) is 0. The minimum atomic E-state index is -3.64. The van der Waals surface area contributed by atoms with Gasteiger partial charge in [-0.1, -0.05) is 0 Å². The van der Waals surface area contributed by atoms with Crippen LogP contribution in [0, 0.1) is 0 Å². The molecule has 0 atom stereocenters. The van der Waals surface area contributed by atoms with Crippen LogP contribution >= 0.6 is 7.47 Å². The summed E-state index contributed by atoms with van der Waals surface area (Å²) in [5, 5.41) is 0. The maximum atomic E-state index is 9.33. The van der Waals surface area contributed by atoms with Crippen molar-refractivity contribution in [1.29, 1.82) is 0 Å². The summed E-state index contributed by atoms with van der Waals surface area (Å²) < 4.78 is 9.33. The Bertz CT molecular complexity index is 56.9. The van der Waals surface area contributed by atoms with E-state index in [9.17, 15) is 4.57 Å². The van der Waals surface area contributed by atoms with Crippen LogP contribution < -0.4 is 0 Å². The number of rotatable bonds is 0. The van der Waals surface area contributed by atoms with Crippen molar-refractivity contribution in [3.8, 4) is 0 Å². The van der Waals surface area contributed by atoms with Gasteiger partial charge in [0, 0.05) is 0 Å². The molecule has 0 rings (SSSR count). The third-order valence-electron chi connectivity index (χ3n) is 0. The molecule has 0 aliphatic heterocycles. The first-order valence-electron chi connectivity index (χ1n) is 1.03. The Hall–Kier alpha value is 1.70. The molecule has 0 saturated carbocycles. The SMILES string of the molecule is BP(=O)(O)O.[SrH2]. The predicted octanol–water partition coefficient (Wildman–Crippen LogP) is -2.20. The van der Waals surface area contributed by atoms with Crippen LogP contribution in [0.3, 0.4) is 0 Å². The second kappa shape index (κ2) is 3.67. The monoisotopic (exact) mass is 184 g/mol. The Morgan fingerprint density at radius 3 is 1.50 bits per heavy atom. The van der Waals surface area contributed by atoms with Gasteiger partial charge in [0.05, 0.1) is 0 Å². The maximum absolute atomic E-state index is 9.33. The number of hydrogen-bond donors (Lipinski definition) is 2. The fourth-order valence-electron chi connectivity index (χ4n) is 0. The molecule has 0 aromatic carbocycles. The van der Waals surface area contributed by atoms with Gasteiger partial charge in [0.1, 0.15) is 0 Å². The fourth-order valence-corrected chi connectivity index (χ4v) is 0. The molecular formula is H6BO3PSr. The molecule has 0 radical (unpaired) electrons. The molecule has 0 fully saturated rings. The summed E-state index contributed by atoms with van der Waals surface area (Å²) in [7, 11) is -2.78. The van der Waals surface area contributed by atoms with E-state index in [4.69, 9.17) is 9.79 Å². The Morgan fingerprint density at radius 2 is 1.50 bits per heavy atom. The van der Waals surface area contributed by atoms with E-state index in [1.807, 2.05) is 0 Å². The second-order valence-corrected chi connectivity index (χ2v) is 2.51. The van der Waals surface area contributed by atoms with E-state index >= 15 is 0 Å². The van der Waals surface area contributed by atoms with Crippen molar-refractivity contribution in [2.45, 2.75) is 0 Å². The standard InChI is InChI=1S/BH4O3P.Sr.2H/c1-5(2,3)4;;;/h1H2,(H2,2,3,4);;;. The van der Waals surface area contributed by atoms with Gasteiger partial charge in [-0.15, -0.1) is 0 Å². The molecule has 3 nitrogen and oxygen atoms in total. The van der Waals surface area contributed by atoms with Crippen LogP contribution in [0.5, 0.6) is 0 Å². The van der Waals surface area contributed by atoms with Gasteiger partial charge in [-0.05, 0) is 0 Å². The van der Waals surface area contributed by atoms with E-state index < -0.39 is 7.47 Å². The van der Waals surface area contributed by atoms with Crippen LogP contribution in [0.4, 0.5) is 0 Å². The van der Waals surface area contributed by atoms with Crippen LogP contribution in [-0.2, 0) is 4.57 Å². The van der Waals surface area contributed by atoms with E-state index in [0.717, 1.165) is 7.57 Å². The van der Waals surface area contributed by atoms with E-state index in [1.165, 1.54) is 0 Å². The fraction of sp³-hybridized carbons (Fsp3) is 0. The van der Waals surface area contributed by atoms with Crippen molar-refractivity contribution >= 4 is 60.5 Å². The van der Waals surface area contributed by atoms with Gasteiger partial charge in [-0.3, -0.25) is 4.57 Å². The van der Waals surface area contributed by atoms with Gasteiger partial charge >= 0.3 is 45.5 Å². The topological polar surface area (TPSA) is 57.5 Å². The zero-order chi connectivity index (χ0) is 4.50. The zero-order valence-electron chi connectivity index (χ0n) is 2.75. The Labute approximate surface area is 73.9 Å². The Kier molecular flexibility index (Phi) is 6.50. The Balaban J connectivity index is 0. The molecule has 0 bridgehead atoms. The summed E-state index contributed by atoms with van der Waals surface area (Å²) in [6.45, 7) is 0. The van der Waals surface area contributed by atoms with E-state index in [2.05, 4.69) is 0 Å². The van der Waals surface area contributed by atoms with Crippen LogP contribution in [0.25, 0.3) is 0 Å². The van der Waals surface area contributed by atoms with Gasteiger partial charge in [0.25, 0.3) is 15.0 Å². The van der Waals surface area contributed by atoms with Crippen molar-refractivity contribution in [3.05, 3.63) is 0 Å². The van der Waals surface area contributed by atoms with Crippen LogP contribution in [-0.4, -0.2) is 62.8 Å². The van der Waals surface area contributed by atoms with Gasteiger partial charge in [-0.25, -0.2) is 0 Å². The average molecular weight is 183 g/mol. The molecule has 0 saturated heterocycles. The van der Waals surface area contributed by atoms with E-state index in [-0.39, 0.29) is 45.5 Å². The second-order valence-electron chi connectivity index (χ2n) is 0.835. The average Bonchev–Trinajstić information content (AvgIpc) is 0.722. The third kappa shape index (κ3) is 43.7. The van der Waals surface area contributed by atoms with E-state index in [0.29, 0.717) is 0 Å². The molecule has 0 heterocycles. The zero-order valence-corrected chi connectivity index (χ0v) is 3.64. The first-order valence-corrected chi connectivity index (χ1v) is 3.09. The van der Waals surface area contributed by atoms with Crippen molar-refractivity contribution in [3.63, 3.8) is 0 Å². The quantitative estimate of drug-likeness (QED) is 0.331. The molecule has 6 heteroatoms. The van der Waals surface area contributed by atoms with Gasteiger partial charge in [0.2, 0.25) is 0 Å². The van der Waals surface area contributed by atoms with Crippen LogP contribution in [0.15, 0.2) is 0 Å². The molecule has 6 heavy (non-hydrogen) atoms. The van der Waals surface area contributed by atoms with E-state index in [1.54, 1.807) is 0 Å². The summed E-state index contributed by atoms with van der Waals surface area (Å²) in [5.41, 5.74) is 0. The van der Waals surface area contributed by atoms with Crippen LogP contribution in [0.2, 0.25) is 0 Å². The summed E-state index contributed by atoms with van der Waals surface area (Å²) in [6.07, 6.45) is 0. The molecule has 0 spiro atoms. The van der Waals surface area contributed by atoms with Gasteiger partial charge in [-0.2, -0.15) is 0 Å². The van der Waals surface area contributed by atoms with Crippen molar-refractivity contribution < 1.29 is 14.4 Å². The first kappa shape index (κ1) is 10.6. The Morgan fingerprint density at radius 1 is 1.50 bits per heavy atom. The van der Waals surface area contributed by atoms with Crippen LogP contribution in [0.1, 0.15) is 0 Å². The molecule has 34 valence electrons. The number of hydrogen-bond acceptors (Lipinski definition) is 1. The summed E-state index contributed by atoms with van der Waals surface area (Å²) in [4.78, 5) is 15.3. The molecule has 0 aliphatic rings. The third-order valence-corrected chi connectivity index (χ3v) is 0.